The van der Waals surface area contributed by atoms with Crippen LogP contribution < -0.4 is 9.47 Å². The molecule has 3 nitrogen and oxygen atoms in total. The predicted molar refractivity (Wildman–Crippen MR) is 46.7 cm³/mol. The van der Waals surface area contributed by atoms with Gasteiger partial charge in [0, 0.05) is 5.56 Å². The fourth-order valence-corrected chi connectivity index (χ4v) is 1.44. The SMILES string of the molecule is N#CCc1cc(CF)cc2c1OCO2. The van der Waals surface area contributed by atoms with E-state index in [9.17, 15) is 4.39 Å². The van der Waals surface area contributed by atoms with Crippen molar-refractivity contribution in [2.45, 2.75) is 13.1 Å². The lowest BCUT2D eigenvalue weighted by Crippen LogP contribution is -1.94. The minimum Gasteiger partial charge on any atom is -0.454 e. The average Bonchev–Trinajstić information content (AvgIpc) is 2.66. The zero-order valence-electron chi connectivity index (χ0n) is 7.42. The van der Waals surface area contributed by atoms with E-state index in [-0.39, 0.29) is 13.2 Å². The van der Waals surface area contributed by atoms with Crippen molar-refractivity contribution < 1.29 is 13.9 Å². The normalized spacial score (nSPS) is 12.6. The van der Waals surface area contributed by atoms with Gasteiger partial charge in [-0.2, -0.15) is 5.26 Å². The van der Waals surface area contributed by atoms with Gasteiger partial charge in [0.25, 0.3) is 0 Å². The standard InChI is InChI=1S/C10H8FNO2/c11-5-7-3-8(1-2-12)10-9(4-7)13-6-14-10/h3-4H,1,5-6H2. The van der Waals surface area contributed by atoms with Crippen molar-refractivity contribution in [3.8, 4) is 17.6 Å². The first-order valence-electron chi connectivity index (χ1n) is 4.19. The van der Waals surface area contributed by atoms with E-state index < -0.39 is 6.67 Å². The van der Waals surface area contributed by atoms with Crippen LogP contribution in [0.15, 0.2) is 12.1 Å². The van der Waals surface area contributed by atoms with E-state index in [1.54, 1.807) is 12.1 Å². The molecule has 0 bridgehead atoms. The van der Waals surface area contributed by atoms with E-state index in [0.29, 0.717) is 22.6 Å². The van der Waals surface area contributed by atoms with Crippen LogP contribution in [0.2, 0.25) is 0 Å². The molecule has 1 aromatic carbocycles. The van der Waals surface area contributed by atoms with Gasteiger partial charge in [0.2, 0.25) is 6.79 Å². The predicted octanol–water partition coefficient (Wildman–Crippen LogP) is 1.95. The largest absolute Gasteiger partial charge is 0.454 e. The molecule has 1 heterocycles. The maximum atomic E-state index is 12.4. The van der Waals surface area contributed by atoms with E-state index in [4.69, 9.17) is 14.7 Å². The molecule has 0 saturated heterocycles. The summed E-state index contributed by atoms with van der Waals surface area (Å²) in [6.07, 6.45) is 0.208. The summed E-state index contributed by atoms with van der Waals surface area (Å²) in [4.78, 5) is 0. The van der Waals surface area contributed by atoms with Gasteiger partial charge < -0.3 is 9.47 Å². The van der Waals surface area contributed by atoms with E-state index in [1.165, 1.54) is 0 Å². The number of nitrogens with zero attached hydrogens (tertiary/aromatic N) is 1. The number of fused-ring (bicyclic) bond motifs is 1. The number of rotatable bonds is 2. The van der Waals surface area contributed by atoms with Crippen LogP contribution in [0, 0.1) is 11.3 Å². The van der Waals surface area contributed by atoms with Gasteiger partial charge in [0.1, 0.15) is 6.67 Å². The van der Waals surface area contributed by atoms with Gasteiger partial charge >= 0.3 is 0 Å². The fourth-order valence-electron chi connectivity index (χ4n) is 1.44. The molecule has 1 aromatic rings. The molecule has 0 spiro atoms. The van der Waals surface area contributed by atoms with Gasteiger partial charge in [-0.25, -0.2) is 4.39 Å². The summed E-state index contributed by atoms with van der Waals surface area (Å²) in [5, 5.41) is 8.57. The van der Waals surface area contributed by atoms with E-state index in [0.717, 1.165) is 0 Å². The Morgan fingerprint density at radius 1 is 1.43 bits per heavy atom. The highest BCUT2D eigenvalue weighted by Gasteiger charge is 2.18. The van der Waals surface area contributed by atoms with Crippen molar-refractivity contribution in [1.29, 1.82) is 5.26 Å². The molecule has 14 heavy (non-hydrogen) atoms. The molecule has 0 saturated carbocycles. The molecular formula is C10H8FNO2. The number of hydrogen-bond donors (Lipinski definition) is 0. The molecule has 0 fully saturated rings. The molecule has 72 valence electrons. The summed E-state index contributed by atoms with van der Waals surface area (Å²) in [5.74, 6) is 1.11. The van der Waals surface area contributed by atoms with Crippen molar-refractivity contribution in [3.05, 3.63) is 23.3 Å². The average molecular weight is 193 g/mol. The van der Waals surface area contributed by atoms with Crippen molar-refractivity contribution in [1.82, 2.24) is 0 Å². The van der Waals surface area contributed by atoms with Gasteiger partial charge in [0.05, 0.1) is 12.5 Å². The Morgan fingerprint density at radius 2 is 2.29 bits per heavy atom. The smallest absolute Gasteiger partial charge is 0.231 e. The number of ether oxygens (including phenoxy) is 2. The summed E-state index contributed by atoms with van der Waals surface area (Å²) in [5.41, 5.74) is 1.20. The van der Waals surface area contributed by atoms with Crippen molar-refractivity contribution in [3.63, 3.8) is 0 Å². The van der Waals surface area contributed by atoms with Crippen LogP contribution in [0.5, 0.6) is 11.5 Å². The number of halogens is 1. The highest BCUT2D eigenvalue weighted by Crippen LogP contribution is 2.37. The van der Waals surface area contributed by atoms with E-state index >= 15 is 0 Å². The monoisotopic (exact) mass is 193 g/mol. The van der Waals surface area contributed by atoms with Crippen LogP contribution in [0.1, 0.15) is 11.1 Å². The van der Waals surface area contributed by atoms with Crippen LogP contribution in [-0.4, -0.2) is 6.79 Å². The van der Waals surface area contributed by atoms with Crippen LogP contribution in [0.3, 0.4) is 0 Å². The Labute approximate surface area is 80.7 Å². The Hall–Kier alpha value is -1.76. The number of alkyl halides is 1. The van der Waals surface area contributed by atoms with Crippen LogP contribution >= 0.6 is 0 Å². The number of benzene rings is 1. The van der Waals surface area contributed by atoms with Crippen molar-refractivity contribution in [2.24, 2.45) is 0 Å². The molecule has 0 amide bonds. The van der Waals surface area contributed by atoms with Gasteiger partial charge in [-0.15, -0.1) is 0 Å². The molecular weight excluding hydrogens is 185 g/mol. The topological polar surface area (TPSA) is 42.2 Å². The Morgan fingerprint density at radius 3 is 3.00 bits per heavy atom. The van der Waals surface area contributed by atoms with Crippen molar-refractivity contribution in [2.75, 3.05) is 6.79 Å². The lowest BCUT2D eigenvalue weighted by molar-refractivity contribution is 0.173. The quantitative estimate of drug-likeness (QED) is 0.720. The third kappa shape index (κ3) is 1.37. The minimum absolute atomic E-state index is 0.142. The highest BCUT2D eigenvalue weighted by atomic mass is 19.1. The van der Waals surface area contributed by atoms with Gasteiger partial charge in [-0.1, -0.05) is 0 Å². The Kier molecular flexibility index (Phi) is 2.23. The lowest BCUT2D eigenvalue weighted by Gasteiger charge is -2.03. The lowest BCUT2D eigenvalue weighted by atomic mass is 10.1. The molecule has 0 N–H and O–H groups in total. The number of hydrogen-bond acceptors (Lipinski definition) is 3. The highest BCUT2D eigenvalue weighted by molar-refractivity contribution is 5.51. The van der Waals surface area contributed by atoms with Crippen LogP contribution in [0.4, 0.5) is 4.39 Å². The van der Waals surface area contributed by atoms with E-state index in [2.05, 4.69) is 0 Å². The second kappa shape index (κ2) is 3.54. The summed E-state index contributed by atoms with van der Waals surface area (Å²) in [6.45, 7) is -0.418. The van der Waals surface area contributed by atoms with Gasteiger partial charge in [-0.3, -0.25) is 0 Å². The maximum Gasteiger partial charge on any atom is 0.231 e. The van der Waals surface area contributed by atoms with Gasteiger partial charge in [-0.05, 0) is 17.7 Å². The first kappa shape index (κ1) is 8.82. The molecule has 4 heteroatoms. The van der Waals surface area contributed by atoms with Crippen LogP contribution in [0.25, 0.3) is 0 Å². The summed E-state index contributed by atoms with van der Waals surface area (Å²) < 4.78 is 22.8. The van der Waals surface area contributed by atoms with Gasteiger partial charge in [0.15, 0.2) is 11.5 Å². The molecule has 1 aliphatic heterocycles. The Balaban J connectivity index is 2.47. The zero-order valence-corrected chi connectivity index (χ0v) is 7.42. The van der Waals surface area contributed by atoms with Crippen LogP contribution in [-0.2, 0) is 13.1 Å². The summed E-state index contributed by atoms with van der Waals surface area (Å²) in [6, 6.07) is 5.24. The Bertz CT molecular complexity index is 398. The third-order valence-electron chi connectivity index (χ3n) is 2.03. The molecule has 0 aliphatic carbocycles. The molecule has 0 atom stereocenters. The molecule has 1 aliphatic rings. The second-order valence-electron chi connectivity index (χ2n) is 2.96. The molecule has 0 unspecified atom stereocenters. The first-order valence-corrected chi connectivity index (χ1v) is 4.19. The summed E-state index contributed by atoms with van der Waals surface area (Å²) >= 11 is 0. The van der Waals surface area contributed by atoms with Crippen molar-refractivity contribution >= 4 is 0 Å². The number of nitriles is 1. The molecule has 0 aromatic heterocycles. The maximum absolute atomic E-state index is 12.4. The first-order chi connectivity index (χ1) is 6.85. The molecule has 2 rings (SSSR count). The zero-order chi connectivity index (χ0) is 9.97. The summed E-state index contributed by atoms with van der Waals surface area (Å²) in [7, 11) is 0. The van der Waals surface area contributed by atoms with E-state index in [1.807, 2.05) is 6.07 Å². The third-order valence-corrected chi connectivity index (χ3v) is 2.03. The molecule has 0 radical (unpaired) electrons. The second-order valence-corrected chi connectivity index (χ2v) is 2.96. The fraction of sp³-hybridized carbons (Fsp3) is 0.300. The minimum atomic E-state index is -0.560.